The van der Waals surface area contributed by atoms with Crippen LogP contribution in [0, 0.1) is 10.5 Å². The lowest BCUT2D eigenvalue weighted by Gasteiger charge is -2.20. The predicted molar refractivity (Wildman–Crippen MR) is 95.5 cm³/mol. The lowest BCUT2D eigenvalue weighted by Crippen LogP contribution is -2.23. The molecule has 0 spiro atoms. The van der Waals surface area contributed by atoms with Gasteiger partial charge in [-0.1, -0.05) is 42.8 Å². The van der Waals surface area contributed by atoms with Crippen molar-refractivity contribution >= 4 is 34.2 Å². The van der Waals surface area contributed by atoms with Crippen LogP contribution in [0.5, 0.6) is 0 Å². The zero-order chi connectivity index (χ0) is 14.5. The standard InChI is InChI=1S/C17H19ClIN/c1-3-20-17(11-13-5-7-14(19)8-6-13)15-9-4-12(2)10-16(15)18/h4-10,17,20H,3,11H2,1-2H3. The van der Waals surface area contributed by atoms with Crippen molar-refractivity contribution < 1.29 is 0 Å². The van der Waals surface area contributed by atoms with Crippen molar-refractivity contribution in [1.82, 2.24) is 5.32 Å². The van der Waals surface area contributed by atoms with Crippen LogP contribution in [0.25, 0.3) is 0 Å². The topological polar surface area (TPSA) is 12.0 Å². The summed E-state index contributed by atoms with van der Waals surface area (Å²) in [5, 5.41) is 4.38. The summed E-state index contributed by atoms with van der Waals surface area (Å²) in [6.07, 6.45) is 0.952. The van der Waals surface area contributed by atoms with Gasteiger partial charge in [0.25, 0.3) is 0 Å². The maximum atomic E-state index is 6.41. The summed E-state index contributed by atoms with van der Waals surface area (Å²) in [6.45, 7) is 5.12. The van der Waals surface area contributed by atoms with Gasteiger partial charge in [0.1, 0.15) is 0 Å². The maximum Gasteiger partial charge on any atom is 0.0456 e. The zero-order valence-corrected chi connectivity index (χ0v) is 14.7. The minimum absolute atomic E-state index is 0.258. The van der Waals surface area contributed by atoms with Gasteiger partial charge in [-0.05, 0) is 77.4 Å². The van der Waals surface area contributed by atoms with Crippen molar-refractivity contribution in [2.75, 3.05) is 6.54 Å². The van der Waals surface area contributed by atoms with E-state index in [1.165, 1.54) is 20.3 Å². The molecule has 106 valence electrons. The van der Waals surface area contributed by atoms with E-state index in [0.717, 1.165) is 18.0 Å². The fraction of sp³-hybridized carbons (Fsp3) is 0.294. The molecule has 2 rings (SSSR count). The van der Waals surface area contributed by atoms with Gasteiger partial charge in [-0.25, -0.2) is 0 Å². The highest BCUT2D eigenvalue weighted by Gasteiger charge is 2.14. The molecule has 0 radical (unpaired) electrons. The third-order valence-corrected chi connectivity index (χ3v) is 4.38. The number of aryl methyl sites for hydroxylation is 1. The SMILES string of the molecule is CCNC(Cc1ccc(I)cc1)c1ccc(C)cc1Cl. The summed E-state index contributed by atoms with van der Waals surface area (Å²) in [7, 11) is 0. The minimum Gasteiger partial charge on any atom is -0.310 e. The van der Waals surface area contributed by atoms with Crippen LogP contribution in [0.4, 0.5) is 0 Å². The van der Waals surface area contributed by atoms with Crippen molar-refractivity contribution in [1.29, 1.82) is 0 Å². The van der Waals surface area contributed by atoms with Gasteiger partial charge in [0.15, 0.2) is 0 Å². The molecule has 1 atom stereocenters. The third-order valence-electron chi connectivity index (χ3n) is 3.33. The minimum atomic E-state index is 0.258. The van der Waals surface area contributed by atoms with Crippen LogP contribution in [0.2, 0.25) is 5.02 Å². The van der Waals surface area contributed by atoms with E-state index in [1.807, 2.05) is 6.07 Å². The van der Waals surface area contributed by atoms with E-state index in [1.54, 1.807) is 0 Å². The first-order chi connectivity index (χ1) is 9.60. The molecule has 20 heavy (non-hydrogen) atoms. The molecule has 0 saturated carbocycles. The van der Waals surface area contributed by atoms with Gasteiger partial charge in [-0.2, -0.15) is 0 Å². The summed E-state index contributed by atoms with van der Waals surface area (Å²) in [5.41, 5.74) is 3.70. The Bertz CT molecular complexity index is 566. The van der Waals surface area contributed by atoms with Crippen LogP contribution in [0.1, 0.15) is 29.7 Å². The quantitative estimate of drug-likeness (QED) is 0.686. The highest BCUT2D eigenvalue weighted by atomic mass is 127. The van der Waals surface area contributed by atoms with Crippen molar-refractivity contribution in [2.45, 2.75) is 26.3 Å². The van der Waals surface area contributed by atoms with E-state index in [-0.39, 0.29) is 6.04 Å². The first kappa shape index (κ1) is 15.8. The van der Waals surface area contributed by atoms with Gasteiger partial charge in [0.05, 0.1) is 0 Å². The van der Waals surface area contributed by atoms with Crippen molar-refractivity contribution in [2.24, 2.45) is 0 Å². The normalized spacial score (nSPS) is 12.4. The molecule has 0 fully saturated rings. The summed E-state index contributed by atoms with van der Waals surface area (Å²) >= 11 is 8.74. The Labute approximate surface area is 139 Å². The zero-order valence-electron chi connectivity index (χ0n) is 11.8. The summed E-state index contributed by atoms with van der Waals surface area (Å²) in [4.78, 5) is 0. The van der Waals surface area contributed by atoms with Crippen LogP contribution < -0.4 is 5.32 Å². The van der Waals surface area contributed by atoms with E-state index in [9.17, 15) is 0 Å². The average molecular weight is 400 g/mol. The van der Waals surface area contributed by atoms with E-state index < -0.39 is 0 Å². The molecular formula is C17H19ClIN. The number of halogens is 2. The Morgan fingerprint density at radius 2 is 1.85 bits per heavy atom. The van der Waals surface area contributed by atoms with Crippen LogP contribution >= 0.6 is 34.2 Å². The second kappa shape index (κ2) is 7.43. The summed E-state index contributed by atoms with van der Waals surface area (Å²) in [5.74, 6) is 0. The van der Waals surface area contributed by atoms with Crippen LogP contribution in [-0.2, 0) is 6.42 Å². The molecular weight excluding hydrogens is 381 g/mol. The Balaban J connectivity index is 2.24. The Kier molecular flexibility index (Phi) is 5.87. The summed E-state index contributed by atoms with van der Waals surface area (Å²) in [6, 6.07) is 15.2. The van der Waals surface area contributed by atoms with Crippen LogP contribution in [-0.4, -0.2) is 6.54 Å². The number of hydrogen-bond acceptors (Lipinski definition) is 1. The Morgan fingerprint density at radius 3 is 2.45 bits per heavy atom. The molecule has 0 amide bonds. The molecule has 1 unspecified atom stereocenters. The van der Waals surface area contributed by atoms with E-state index in [2.05, 4.69) is 78.2 Å². The van der Waals surface area contributed by atoms with Gasteiger partial charge in [-0.15, -0.1) is 0 Å². The number of likely N-dealkylation sites (N-methyl/N-ethyl adjacent to an activating group) is 1. The molecule has 0 heterocycles. The van der Waals surface area contributed by atoms with Gasteiger partial charge in [0.2, 0.25) is 0 Å². The molecule has 2 aromatic rings. The molecule has 0 saturated heterocycles. The monoisotopic (exact) mass is 399 g/mol. The molecule has 0 aliphatic rings. The van der Waals surface area contributed by atoms with E-state index in [0.29, 0.717) is 0 Å². The van der Waals surface area contributed by atoms with Crippen molar-refractivity contribution in [3.63, 3.8) is 0 Å². The van der Waals surface area contributed by atoms with Gasteiger partial charge in [-0.3, -0.25) is 0 Å². The number of hydrogen-bond donors (Lipinski definition) is 1. The van der Waals surface area contributed by atoms with Crippen LogP contribution in [0.15, 0.2) is 42.5 Å². The van der Waals surface area contributed by atoms with Gasteiger partial charge >= 0.3 is 0 Å². The molecule has 2 aromatic carbocycles. The molecule has 0 bridgehead atoms. The molecule has 1 nitrogen and oxygen atoms in total. The molecule has 1 N–H and O–H groups in total. The van der Waals surface area contributed by atoms with Crippen molar-refractivity contribution in [3.8, 4) is 0 Å². The predicted octanol–water partition coefficient (Wildman–Crippen LogP) is 5.15. The lowest BCUT2D eigenvalue weighted by molar-refractivity contribution is 0.550. The second-order valence-electron chi connectivity index (χ2n) is 4.97. The molecule has 0 aliphatic carbocycles. The molecule has 0 aromatic heterocycles. The third kappa shape index (κ3) is 4.21. The molecule has 0 aliphatic heterocycles. The van der Waals surface area contributed by atoms with Crippen molar-refractivity contribution in [3.05, 3.63) is 67.7 Å². The summed E-state index contributed by atoms with van der Waals surface area (Å²) < 4.78 is 1.26. The highest BCUT2D eigenvalue weighted by molar-refractivity contribution is 14.1. The fourth-order valence-electron chi connectivity index (χ4n) is 2.31. The highest BCUT2D eigenvalue weighted by Crippen LogP contribution is 2.27. The Hall–Kier alpha value is -0.580. The van der Waals surface area contributed by atoms with Crippen LogP contribution in [0.3, 0.4) is 0 Å². The van der Waals surface area contributed by atoms with Gasteiger partial charge in [0, 0.05) is 14.6 Å². The number of rotatable bonds is 5. The second-order valence-corrected chi connectivity index (χ2v) is 6.62. The maximum absolute atomic E-state index is 6.41. The smallest absolute Gasteiger partial charge is 0.0456 e. The number of benzene rings is 2. The first-order valence-electron chi connectivity index (χ1n) is 6.84. The van der Waals surface area contributed by atoms with E-state index in [4.69, 9.17) is 11.6 Å². The Morgan fingerprint density at radius 1 is 1.15 bits per heavy atom. The average Bonchev–Trinajstić information content (AvgIpc) is 2.41. The molecule has 3 heteroatoms. The van der Waals surface area contributed by atoms with E-state index >= 15 is 0 Å². The first-order valence-corrected chi connectivity index (χ1v) is 8.29. The largest absolute Gasteiger partial charge is 0.310 e. The fourth-order valence-corrected chi connectivity index (χ4v) is 3.04. The number of nitrogens with one attached hydrogen (secondary N) is 1. The lowest BCUT2D eigenvalue weighted by atomic mass is 9.98. The van der Waals surface area contributed by atoms with Gasteiger partial charge < -0.3 is 5.32 Å².